The fourth-order valence-electron chi connectivity index (χ4n) is 2.85. The van der Waals surface area contributed by atoms with Crippen molar-refractivity contribution in [3.63, 3.8) is 0 Å². The van der Waals surface area contributed by atoms with E-state index < -0.39 is 0 Å². The molecule has 1 heterocycles. The van der Waals surface area contributed by atoms with Gasteiger partial charge in [-0.3, -0.25) is 0 Å². The maximum absolute atomic E-state index is 13.4. The zero-order chi connectivity index (χ0) is 14.7. The van der Waals surface area contributed by atoms with E-state index in [9.17, 15) is 4.39 Å². The van der Waals surface area contributed by atoms with Gasteiger partial charge in [0.2, 0.25) is 0 Å². The van der Waals surface area contributed by atoms with Crippen molar-refractivity contribution in [2.24, 2.45) is 0 Å². The number of ether oxygens (including phenoxy) is 1. The van der Waals surface area contributed by atoms with Crippen LogP contribution in [0.4, 0.5) is 10.1 Å². The van der Waals surface area contributed by atoms with Gasteiger partial charge in [0.05, 0.1) is 18.8 Å². The minimum absolute atomic E-state index is 0.222. The summed E-state index contributed by atoms with van der Waals surface area (Å²) in [5, 5.41) is 3.43. The average molecular weight is 286 g/mol. The van der Waals surface area contributed by atoms with Crippen molar-refractivity contribution in [1.29, 1.82) is 0 Å². The Bertz CT molecular complexity index is 603. The van der Waals surface area contributed by atoms with E-state index in [4.69, 9.17) is 4.74 Å². The third-order valence-corrected chi connectivity index (χ3v) is 3.88. The molecule has 1 atom stereocenters. The van der Waals surface area contributed by atoms with Gasteiger partial charge in [0.25, 0.3) is 0 Å². The smallest absolute Gasteiger partial charge is 0.145 e. The fourth-order valence-corrected chi connectivity index (χ4v) is 2.85. The molecule has 1 aliphatic rings. The van der Waals surface area contributed by atoms with Crippen LogP contribution in [0.15, 0.2) is 48.5 Å². The first kappa shape index (κ1) is 13.9. The predicted molar refractivity (Wildman–Crippen MR) is 82.4 cm³/mol. The number of nitrogens with one attached hydrogen (secondary N) is 1. The molecule has 1 N–H and O–H groups in total. The van der Waals surface area contributed by atoms with Crippen molar-refractivity contribution in [1.82, 2.24) is 5.32 Å². The van der Waals surface area contributed by atoms with Gasteiger partial charge in [-0.05, 0) is 17.7 Å². The largest absolute Gasteiger partial charge is 0.494 e. The monoisotopic (exact) mass is 286 g/mol. The van der Waals surface area contributed by atoms with Crippen LogP contribution in [-0.2, 0) is 0 Å². The zero-order valence-electron chi connectivity index (χ0n) is 12.1. The van der Waals surface area contributed by atoms with Gasteiger partial charge in [0, 0.05) is 25.7 Å². The van der Waals surface area contributed by atoms with Gasteiger partial charge in [-0.15, -0.1) is 0 Å². The van der Waals surface area contributed by atoms with Crippen molar-refractivity contribution >= 4 is 5.69 Å². The summed E-state index contributed by atoms with van der Waals surface area (Å²) in [7, 11) is 1.58. The van der Waals surface area contributed by atoms with Gasteiger partial charge in [0.15, 0.2) is 0 Å². The molecular formula is C17H19FN2O. The molecule has 1 saturated heterocycles. The molecule has 0 radical (unpaired) electrons. The van der Waals surface area contributed by atoms with Crippen molar-refractivity contribution in [2.45, 2.75) is 6.04 Å². The van der Waals surface area contributed by atoms with E-state index in [1.807, 2.05) is 18.2 Å². The summed E-state index contributed by atoms with van der Waals surface area (Å²) in [6.07, 6.45) is 0. The molecule has 3 rings (SSSR count). The number of benzene rings is 2. The third-order valence-electron chi connectivity index (χ3n) is 3.88. The molecule has 0 saturated carbocycles. The van der Waals surface area contributed by atoms with Gasteiger partial charge in [-0.2, -0.15) is 0 Å². The lowest BCUT2D eigenvalue weighted by atomic mass is 10.0. The van der Waals surface area contributed by atoms with E-state index in [2.05, 4.69) is 22.3 Å². The Morgan fingerprint density at radius 2 is 2.00 bits per heavy atom. The van der Waals surface area contributed by atoms with Crippen LogP contribution in [0, 0.1) is 5.82 Å². The highest BCUT2D eigenvalue weighted by atomic mass is 19.1. The molecule has 1 aliphatic heterocycles. The topological polar surface area (TPSA) is 24.5 Å². The van der Waals surface area contributed by atoms with Crippen molar-refractivity contribution in [2.75, 3.05) is 31.6 Å². The van der Waals surface area contributed by atoms with Crippen molar-refractivity contribution in [3.05, 3.63) is 59.9 Å². The molecule has 21 heavy (non-hydrogen) atoms. The second-order valence-corrected chi connectivity index (χ2v) is 5.14. The number of piperazine rings is 1. The molecule has 2 aromatic rings. The highest BCUT2D eigenvalue weighted by Crippen LogP contribution is 2.35. The lowest BCUT2D eigenvalue weighted by Crippen LogP contribution is -2.46. The number of anilines is 1. The van der Waals surface area contributed by atoms with Gasteiger partial charge >= 0.3 is 0 Å². The molecule has 0 amide bonds. The average Bonchev–Trinajstić information content (AvgIpc) is 2.55. The van der Waals surface area contributed by atoms with Crippen LogP contribution in [0.2, 0.25) is 0 Å². The Morgan fingerprint density at radius 3 is 2.76 bits per heavy atom. The highest BCUT2D eigenvalue weighted by Gasteiger charge is 2.26. The van der Waals surface area contributed by atoms with Crippen LogP contribution in [0.3, 0.4) is 0 Å². The minimum atomic E-state index is -0.276. The molecule has 1 fully saturated rings. The maximum Gasteiger partial charge on any atom is 0.145 e. The lowest BCUT2D eigenvalue weighted by Gasteiger charge is -2.39. The van der Waals surface area contributed by atoms with Gasteiger partial charge < -0.3 is 15.0 Å². The van der Waals surface area contributed by atoms with Gasteiger partial charge in [-0.1, -0.05) is 30.3 Å². The predicted octanol–water partition coefficient (Wildman–Crippen LogP) is 2.99. The summed E-state index contributed by atoms with van der Waals surface area (Å²) in [6, 6.07) is 15.3. The molecule has 1 unspecified atom stereocenters. The van der Waals surface area contributed by atoms with E-state index in [1.54, 1.807) is 13.2 Å². The van der Waals surface area contributed by atoms with Crippen LogP contribution in [0.5, 0.6) is 5.75 Å². The van der Waals surface area contributed by atoms with Crippen molar-refractivity contribution < 1.29 is 9.13 Å². The normalized spacial score (nSPS) is 18.6. The Balaban J connectivity index is 1.98. The van der Waals surface area contributed by atoms with Gasteiger partial charge in [0.1, 0.15) is 11.6 Å². The van der Waals surface area contributed by atoms with Crippen LogP contribution in [0.25, 0.3) is 0 Å². The summed E-state index contributed by atoms with van der Waals surface area (Å²) in [4.78, 5) is 2.28. The second kappa shape index (κ2) is 6.14. The van der Waals surface area contributed by atoms with E-state index in [0.29, 0.717) is 5.75 Å². The summed E-state index contributed by atoms with van der Waals surface area (Å²) >= 11 is 0. The van der Waals surface area contributed by atoms with Crippen LogP contribution in [0.1, 0.15) is 11.6 Å². The Hall–Kier alpha value is -2.07. The Morgan fingerprint density at radius 1 is 1.19 bits per heavy atom. The van der Waals surface area contributed by atoms with Crippen LogP contribution >= 0.6 is 0 Å². The minimum Gasteiger partial charge on any atom is -0.494 e. The molecule has 0 aliphatic carbocycles. The fraction of sp³-hybridized carbons (Fsp3) is 0.294. The van der Waals surface area contributed by atoms with Gasteiger partial charge in [-0.25, -0.2) is 4.39 Å². The summed E-state index contributed by atoms with van der Waals surface area (Å²) in [6.45, 7) is 2.63. The summed E-state index contributed by atoms with van der Waals surface area (Å²) in [5.74, 6) is 0.305. The molecular weight excluding hydrogens is 267 g/mol. The van der Waals surface area contributed by atoms with E-state index in [1.165, 1.54) is 17.7 Å². The molecule has 0 spiro atoms. The van der Waals surface area contributed by atoms with Crippen molar-refractivity contribution in [3.8, 4) is 5.75 Å². The molecule has 2 aromatic carbocycles. The number of halogens is 1. The SMILES string of the molecule is COc1cc(F)ccc1N1CCNCC1c1ccccc1. The van der Waals surface area contributed by atoms with Crippen LogP contribution in [-0.4, -0.2) is 26.7 Å². The Kier molecular flexibility index (Phi) is 4.06. The molecule has 3 nitrogen and oxygen atoms in total. The molecule has 4 heteroatoms. The summed E-state index contributed by atoms with van der Waals surface area (Å²) in [5.41, 5.74) is 2.19. The number of methoxy groups -OCH3 is 1. The van der Waals surface area contributed by atoms with E-state index in [-0.39, 0.29) is 11.9 Å². The first-order valence-electron chi connectivity index (χ1n) is 7.15. The van der Waals surface area contributed by atoms with E-state index in [0.717, 1.165) is 25.3 Å². The first-order valence-corrected chi connectivity index (χ1v) is 7.15. The molecule has 110 valence electrons. The zero-order valence-corrected chi connectivity index (χ0v) is 12.1. The lowest BCUT2D eigenvalue weighted by molar-refractivity contribution is 0.404. The number of hydrogen-bond acceptors (Lipinski definition) is 3. The molecule has 0 bridgehead atoms. The first-order chi connectivity index (χ1) is 10.3. The number of nitrogens with zero attached hydrogens (tertiary/aromatic N) is 1. The highest BCUT2D eigenvalue weighted by molar-refractivity contribution is 5.60. The Labute approximate surface area is 124 Å². The maximum atomic E-state index is 13.4. The van der Waals surface area contributed by atoms with E-state index >= 15 is 0 Å². The second-order valence-electron chi connectivity index (χ2n) is 5.14. The third kappa shape index (κ3) is 2.85. The number of hydrogen-bond donors (Lipinski definition) is 1. The molecule has 0 aromatic heterocycles. The standard InChI is InChI=1S/C17H19FN2O/c1-21-17-11-14(18)7-8-15(17)20-10-9-19-12-16(20)13-5-3-2-4-6-13/h2-8,11,16,19H,9-10,12H2,1H3. The summed E-state index contributed by atoms with van der Waals surface area (Å²) < 4.78 is 18.8. The quantitative estimate of drug-likeness (QED) is 0.939. The number of rotatable bonds is 3. The van der Waals surface area contributed by atoms with Crippen LogP contribution < -0.4 is 15.0 Å².